The second kappa shape index (κ2) is 6.18. The molecule has 1 aliphatic heterocycles. The van der Waals surface area contributed by atoms with Crippen LogP contribution in [-0.2, 0) is 9.53 Å². The zero-order chi connectivity index (χ0) is 12.1. The van der Waals surface area contributed by atoms with Crippen LogP contribution in [0.4, 0.5) is 0 Å². The SMILES string of the molecule is CCC1COC(C)CN1CC(C)C(=O)NN. The summed E-state index contributed by atoms with van der Waals surface area (Å²) < 4.78 is 5.61. The van der Waals surface area contributed by atoms with Crippen molar-refractivity contribution in [3.63, 3.8) is 0 Å². The predicted molar refractivity (Wildman–Crippen MR) is 62.6 cm³/mol. The lowest BCUT2D eigenvalue weighted by atomic mass is 10.1. The van der Waals surface area contributed by atoms with Crippen LogP contribution in [-0.4, -0.2) is 42.6 Å². The molecule has 0 saturated carbocycles. The van der Waals surface area contributed by atoms with Crippen molar-refractivity contribution in [2.45, 2.75) is 39.3 Å². The second-order valence-electron chi connectivity index (χ2n) is 4.57. The van der Waals surface area contributed by atoms with Gasteiger partial charge >= 0.3 is 0 Å². The highest BCUT2D eigenvalue weighted by atomic mass is 16.5. The summed E-state index contributed by atoms with van der Waals surface area (Å²) in [6.45, 7) is 8.50. The van der Waals surface area contributed by atoms with Crippen molar-refractivity contribution in [1.82, 2.24) is 10.3 Å². The monoisotopic (exact) mass is 229 g/mol. The van der Waals surface area contributed by atoms with Gasteiger partial charge in [0.25, 0.3) is 0 Å². The van der Waals surface area contributed by atoms with Crippen molar-refractivity contribution in [3.05, 3.63) is 0 Å². The van der Waals surface area contributed by atoms with Crippen LogP contribution in [0.5, 0.6) is 0 Å². The fraction of sp³-hybridized carbons (Fsp3) is 0.909. The fourth-order valence-corrected chi connectivity index (χ4v) is 2.09. The Labute approximate surface area is 97.3 Å². The first kappa shape index (κ1) is 13.4. The lowest BCUT2D eigenvalue weighted by Crippen LogP contribution is -2.51. The normalized spacial score (nSPS) is 28.8. The largest absolute Gasteiger partial charge is 0.376 e. The van der Waals surface area contributed by atoms with E-state index in [9.17, 15) is 4.79 Å². The number of carbonyl (C=O) groups is 1. The van der Waals surface area contributed by atoms with Gasteiger partial charge in [-0.15, -0.1) is 0 Å². The summed E-state index contributed by atoms with van der Waals surface area (Å²) in [6, 6.07) is 0.421. The summed E-state index contributed by atoms with van der Waals surface area (Å²) in [5.41, 5.74) is 2.20. The van der Waals surface area contributed by atoms with Crippen LogP contribution in [0.3, 0.4) is 0 Å². The Hall–Kier alpha value is -0.650. The van der Waals surface area contributed by atoms with Gasteiger partial charge in [-0.1, -0.05) is 13.8 Å². The molecule has 94 valence electrons. The molecule has 16 heavy (non-hydrogen) atoms. The van der Waals surface area contributed by atoms with Gasteiger partial charge in [0.05, 0.1) is 12.7 Å². The van der Waals surface area contributed by atoms with Crippen molar-refractivity contribution in [1.29, 1.82) is 0 Å². The quantitative estimate of drug-likeness (QED) is 0.408. The molecule has 1 fully saturated rings. The maximum atomic E-state index is 11.4. The van der Waals surface area contributed by atoms with Crippen LogP contribution in [0.25, 0.3) is 0 Å². The molecule has 0 aromatic rings. The van der Waals surface area contributed by atoms with Gasteiger partial charge in [0.15, 0.2) is 0 Å². The Bertz CT molecular complexity index is 235. The minimum Gasteiger partial charge on any atom is -0.376 e. The van der Waals surface area contributed by atoms with Crippen molar-refractivity contribution in [2.24, 2.45) is 11.8 Å². The highest BCUT2D eigenvalue weighted by molar-refractivity contribution is 5.77. The number of hydrazine groups is 1. The van der Waals surface area contributed by atoms with Crippen molar-refractivity contribution in [2.75, 3.05) is 19.7 Å². The summed E-state index contributed by atoms with van der Waals surface area (Å²) >= 11 is 0. The molecular weight excluding hydrogens is 206 g/mol. The third-order valence-electron chi connectivity index (χ3n) is 3.15. The van der Waals surface area contributed by atoms with Crippen LogP contribution < -0.4 is 11.3 Å². The van der Waals surface area contributed by atoms with E-state index in [1.165, 1.54) is 0 Å². The molecule has 1 rings (SSSR count). The molecule has 3 unspecified atom stereocenters. The number of carbonyl (C=O) groups excluding carboxylic acids is 1. The number of nitrogens with zero attached hydrogens (tertiary/aromatic N) is 1. The van der Waals surface area contributed by atoms with Crippen molar-refractivity contribution < 1.29 is 9.53 Å². The van der Waals surface area contributed by atoms with E-state index < -0.39 is 0 Å². The first-order valence-corrected chi connectivity index (χ1v) is 5.94. The predicted octanol–water partition coefficient (Wildman–Crippen LogP) is 0.112. The Morgan fingerprint density at radius 1 is 1.69 bits per heavy atom. The zero-order valence-electron chi connectivity index (χ0n) is 10.4. The molecular formula is C11H23N3O2. The number of amides is 1. The minimum atomic E-state index is -0.103. The van der Waals surface area contributed by atoms with E-state index >= 15 is 0 Å². The maximum Gasteiger partial charge on any atom is 0.237 e. The molecule has 5 heteroatoms. The van der Waals surface area contributed by atoms with Gasteiger partial charge in [-0.05, 0) is 13.3 Å². The van der Waals surface area contributed by atoms with E-state index in [0.29, 0.717) is 6.04 Å². The molecule has 1 aliphatic rings. The molecule has 0 aliphatic carbocycles. The van der Waals surface area contributed by atoms with E-state index in [-0.39, 0.29) is 17.9 Å². The van der Waals surface area contributed by atoms with E-state index in [1.54, 1.807) is 0 Å². The first-order chi connectivity index (χ1) is 7.58. The Morgan fingerprint density at radius 2 is 2.38 bits per heavy atom. The van der Waals surface area contributed by atoms with Gasteiger partial charge in [-0.3, -0.25) is 15.1 Å². The Kier molecular flexibility index (Phi) is 5.18. The zero-order valence-corrected chi connectivity index (χ0v) is 10.4. The van der Waals surface area contributed by atoms with Crippen molar-refractivity contribution in [3.8, 4) is 0 Å². The highest BCUT2D eigenvalue weighted by Crippen LogP contribution is 2.16. The first-order valence-electron chi connectivity index (χ1n) is 5.94. The number of morpholine rings is 1. The average molecular weight is 229 g/mol. The second-order valence-corrected chi connectivity index (χ2v) is 4.57. The summed E-state index contributed by atoms with van der Waals surface area (Å²) in [7, 11) is 0. The van der Waals surface area contributed by atoms with E-state index in [1.807, 2.05) is 6.92 Å². The van der Waals surface area contributed by atoms with Crippen LogP contribution in [0, 0.1) is 5.92 Å². The standard InChI is InChI=1S/C11H23N3O2/c1-4-10-7-16-9(3)6-14(10)5-8(2)11(15)13-12/h8-10H,4-7,12H2,1-3H3,(H,13,15). The molecule has 0 bridgehead atoms. The average Bonchev–Trinajstić information content (AvgIpc) is 2.28. The molecule has 3 atom stereocenters. The Balaban J connectivity index is 2.51. The third-order valence-corrected chi connectivity index (χ3v) is 3.15. The van der Waals surface area contributed by atoms with Crippen LogP contribution in [0.15, 0.2) is 0 Å². The summed E-state index contributed by atoms with van der Waals surface area (Å²) in [6.07, 6.45) is 1.29. The molecule has 0 radical (unpaired) electrons. The van der Waals surface area contributed by atoms with Gasteiger partial charge < -0.3 is 4.74 Å². The maximum absolute atomic E-state index is 11.4. The summed E-state index contributed by atoms with van der Waals surface area (Å²) in [5, 5.41) is 0. The smallest absolute Gasteiger partial charge is 0.237 e. The van der Waals surface area contributed by atoms with E-state index in [2.05, 4.69) is 24.2 Å². The molecule has 0 aromatic heterocycles. The molecule has 3 N–H and O–H groups in total. The lowest BCUT2D eigenvalue weighted by molar-refractivity contribution is -0.126. The molecule has 1 heterocycles. The number of hydrogen-bond donors (Lipinski definition) is 2. The van der Waals surface area contributed by atoms with Gasteiger partial charge in [-0.2, -0.15) is 0 Å². The van der Waals surface area contributed by atoms with Crippen LogP contribution in [0.2, 0.25) is 0 Å². The minimum absolute atomic E-state index is 0.0793. The lowest BCUT2D eigenvalue weighted by Gasteiger charge is -2.39. The molecule has 5 nitrogen and oxygen atoms in total. The van der Waals surface area contributed by atoms with Gasteiger partial charge in [0.2, 0.25) is 5.91 Å². The van der Waals surface area contributed by atoms with Crippen LogP contribution in [0.1, 0.15) is 27.2 Å². The van der Waals surface area contributed by atoms with E-state index in [4.69, 9.17) is 10.6 Å². The Morgan fingerprint density at radius 3 is 2.94 bits per heavy atom. The van der Waals surface area contributed by atoms with Gasteiger partial charge in [0.1, 0.15) is 0 Å². The van der Waals surface area contributed by atoms with Gasteiger partial charge in [0, 0.05) is 25.0 Å². The molecule has 0 spiro atoms. The number of ether oxygens (including phenoxy) is 1. The summed E-state index contributed by atoms with van der Waals surface area (Å²) in [5.74, 6) is 4.95. The number of hydrogen-bond acceptors (Lipinski definition) is 4. The number of nitrogens with two attached hydrogens (primary N) is 1. The number of rotatable bonds is 4. The fourth-order valence-electron chi connectivity index (χ4n) is 2.09. The van der Waals surface area contributed by atoms with Crippen LogP contribution >= 0.6 is 0 Å². The third kappa shape index (κ3) is 3.43. The number of nitrogens with one attached hydrogen (secondary N) is 1. The van der Waals surface area contributed by atoms with Gasteiger partial charge in [-0.25, -0.2) is 5.84 Å². The van der Waals surface area contributed by atoms with Crippen molar-refractivity contribution >= 4 is 5.91 Å². The molecule has 1 amide bonds. The summed E-state index contributed by atoms with van der Waals surface area (Å²) in [4.78, 5) is 13.7. The molecule has 0 aromatic carbocycles. The topological polar surface area (TPSA) is 67.6 Å². The molecule has 1 saturated heterocycles. The van der Waals surface area contributed by atoms with E-state index in [0.717, 1.165) is 26.1 Å². The highest BCUT2D eigenvalue weighted by Gasteiger charge is 2.27.